The van der Waals surface area contributed by atoms with Crippen molar-refractivity contribution in [3.63, 3.8) is 0 Å². The minimum atomic E-state index is -0.963. The van der Waals surface area contributed by atoms with Gasteiger partial charge in [-0.2, -0.15) is 0 Å². The van der Waals surface area contributed by atoms with Crippen LogP contribution in [0.5, 0.6) is 0 Å². The van der Waals surface area contributed by atoms with Crippen LogP contribution in [0.25, 0.3) is 22.0 Å². The van der Waals surface area contributed by atoms with Gasteiger partial charge < -0.3 is 9.67 Å². The number of carbonyl (C=O) groups is 1. The monoisotopic (exact) mass is 400 g/mol. The first kappa shape index (κ1) is 18.6. The Hall–Kier alpha value is -3.47. The third kappa shape index (κ3) is 3.26. The van der Waals surface area contributed by atoms with Gasteiger partial charge in [-0.1, -0.05) is 18.2 Å². The molecule has 2 aromatic heterocycles. The average molecular weight is 400 g/mol. The van der Waals surface area contributed by atoms with Gasteiger partial charge in [0.05, 0.1) is 16.8 Å². The molecule has 0 aliphatic heterocycles. The van der Waals surface area contributed by atoms with E-state index < -0.39 is 5.97 Å². The smallest absolute Gasteiger partial charge is 0.337 e. The molecule has 1 saturated carbocycles. The van der Waals surface area contributed by atoms with Crippen molar-refractivity contribution in [2.45, 2.75) is 25.2 Å². The Balaban J connectivity index is 1.63. The van der Waals surface area contributed by atoms with Crippen molar-refractivity contribution >= 4 is 16.9 Å². The van der Waals surface area contributed by atoms with E-state index in [1.54, 1.807) is 24.4 Å². The molecule has 0 saturated heterocycles. The Kier molecular flexibility index (Phi) is 4.39. The van der Waals surface area contributed by atoms with Gasteiger partial charge >= 0.3 is 5.97 Å². The van der Waals surface area contributed by atoms with E-state index in [2.05, 4.69) is 4.98 Å². The third-order valence-electron chi connectivity index (χ3n) is 5.84. The van der Waals surface area contributed by atoms with E-state index in [9.17, 15) is 14.3 Å². The summed E-state index contributed by atoms with van der Waals surface area (Å²) in [5.41, 5.74) is 4.95. The molecule has 1 fully saturated rings. The second-order valence-corrected chi connectivity index (χ2v) is 8.01. The number of carboxylic acids is 1. The highest BCUT2D eigenvalue weighted by Crippen LogP contribution is 2.40. The molecule has 1 aliphatic carbocycles. The first-order valence-electron chi connectivity index (χ1n) is 10.1. The summed E-state index contributed by atoms with van der Waals surface area (Å²) in [7, 11) is 1.94. The third-order valence-corrected chi connectivity index (χ3v) is 5.84. The molecule has 4 aromatic rings. The fourth-order valence-corrected chi connectivity index (χ4v) is 4.16. The number of hydrogen-bond acceptors (Lipinski definition) is 2. The number of benzene rings is 2. The predicted molar refractivity (Wildman–Crippen MR) is 114 cm³/mol. The van der Waals surface area contributed by atoms with Crippen LogP contribution < -0.4 is 0 Å². The number of hydrogen-bond donors (Lipinski definition) is 1. The fraction of sp³-hybridized carbons (Fsp3) is 0.200. The molecule has 30 heavy (non-hydrogen) atoms. The van der Waals surface area contributed by atoms with Crippen molar-refractivity contribution in [1.29, 1.82) is 0 Å². The fourth-order valence-electron chi connectivity index (χ4n) is 4.16. The number of pyridine rings is 1. The zero-order chi connectivity index (χ0) is 20.8. The second kappa shape index (κ2) is 7.10. The summed E-state index contributed by atoms with van der Waals surface area (Å²) in [6.45, 7) is 0. The molecule has 4 nitrogen and oxygen atoms in total. The van der Waals surface area contributed by atoms with Crippen LogP contribution in [0, 0.1) is 5.82 Å². The van der Waals surface area contributed by atoms with Crippen LogP contribution >= 0.6 is 0 Å². The molecular weight excluding hydrogens is 379 g/mol. The van der Waals surface area contributed by atoms with Gasteiger partial charge in [-0.05, 0) is 60.2 Å². The Morgan fingerprint density at radius 3 is 2.70 bits per heavy atom. The minimum absolute atomic E-state index is 0.250. The van der Waals surface area contributed by atoms with E-state index in [4.69, 9.17) is 0 Å². The highest BCUT2D eigenvalue weighted by atomic mass is 19.1. The van der Waals surface area contributed by atoms with E-state index in [1.807, 2.05) is 42.1 Å². The predicted octanol–water partition coefficient (Wildman–Crippen LogP) is 5.55. The molecule has 1 aliphatic rings. The van der Waals surface area contributed by atoms with Crippen molar-refractivity contribution in [3.8, 4) is 11.1 Å². The molecule has 0 spiro atoms. The number of rotatable bonds is 5. The van der Waals surface area contributed by atoms with Gasteiger partial charge in [0.2, 0.25) is 0 Å². The lowest BCUT2D eigenvalue weighted by atomic mass is 9.96. The molecule has 0 atom stereocenters. The molecule has 2 heterocycles. The quantitative estimate of drug-likeness (QED) is 0.478. The largest absolute Gasteiger partial charge is 0.478 e. The summed E-state index contributed by atoms with van der Waals surface area (Å²) in [6, 6.07) is 14.5. The number of halogens is 1. The van der Waals surface area contributed by atoms with Crippen molar-refractivity contribution in [2.24, 2.45) is 7.05 Å². The zero-order valence-corrected chi connectivity index (χ0v) is 16.6. The van der Waals surface area contributed by atoms with Gasteiger partial charge in [0, 0.05) is 42.4 Å². The van der Waals surface area contributed by atoms with E-state index in [1.165, 1.54) is 6.07 Å². The highest BCUT2D eigenvalue weighted by Gasteiger charge is 2.26. The molecule has 2 aromatic carbocycles. The summed E-state index contributed by atoms with van der Waals surface area (Å²) in [5, 5.41) is 10.7. The van der Waals surface area contributed by atoms with Gasteiger partial charge in [-0.15, -0.1) is 0 Å². The van der Waals surface area contributed by atoms with Crippen LogP contribution in [0.2, 0.25) is 0 Å². The lowest BCUT2D eigenvalue weighted by Gasteiger charge is -2.12. The summed E-state index contributed by atoms with van der Waals surface area (Å²) < 4.78 is 16.6. The molecule has 150 valence electrons. The topological polar surface area (TPSA) is 55.1 Å². The van der Waals surface area contributed by atoms with Crippen LogP contribution in [-0.2, 0) is 13.5 Å². The summed E-state index contributed by atoms with van der Waals surface area (Å²) >= 11 is 0. The minimum Gasteiger partial charge on any atom is -0.478 e. The summed E-state index contributed by atoms with van der Waals surface area (Å²) in [4.78, 5) is 16.4. The Morgan fingerprint density at radius 1 is 1.17 bits per heavy atom. The molecule has 5 heteroatoms. The van der Waals surface area contributed by atoms with Crippen molar-refractivity contribution < 1.29 is 14.3 Å². The molecule has 0 unspecified atom stereocenters. The lowest BCUT2D eigenvalue weighted by Crippen LogP contribution is -2.07. The maximum atomic E-state index is 14.6. The molecule has 0 amide bonds. The van der Waals surface area contributed by atoms with E-state index in [-0.39, 0.29) is 11.4 Å². The molecule has 0 bridgehead atoms. The lowest BCUT2D eigenvalue weighted by molar-refractivity contribution is 0.0695. The van der Waals surface area contributed by atoms with Crippen molar-refractivity contribution in [1.82, 2.24) is 9.55 Å². The molecule has 5 rings (SSSR count). The number of aromatic carboxylic acids is 1. The maximum absolute atomic E-state index is 14.6. The summed E-state index contributed by atoms with van der Waals surface area (Å²) in [5.74, 6) is -0.802. The van der Waals surface area contributed by atoms with Crippen LogP contribution in [0.1, 0.15) is 45.9 Å². The Morgan fingerprint density at radius 2 is 1.97 bits per heavy atom. The Labute approximate surface area is 173 Å². The number of fused-ring (bicyclic) bond motifs is 1. The number of nitrogens with zero attached hydrogens (tertiary/aromatic N) is 2. The number of carboxylic acid groups (broad SMARTS) is 1. The van der Waals surface area contributed by atoms with Crippen molar-refractivity contribution in [2.75, 3.05) is 0 Å². The van der Waals surface area contributed by atoms with Crippen LogP contribution in [0.4, 0.5) is 4.39 Å². The molecular formula is C25H21FN2O2. The standard InChI is InChI=1S/C25H21FN2O2/c1-28-9-8-17-10-15(11-20(24(17)28)19-4-2-3-5-22(19)26)12-23-21(25(29)30)13-18(14-27-23)16-6-7-16/h2-5,8-11,13-14,16H,6-7,12H2,1H3,(H,29,30). The SMILES string of the molecule is Cn1ccc2cc(Cc3ncc(C4CC4)cc3C(=O)O)cc(-c3ccccc3F)c21. The van der Waals surface area contributed by atoms with Gasteiger partial charge in [0.1, 0.15) is 5.82 Å². The van der Waals surface area contributed by atoms with Gasteiger partial charge in [-0.25, -0.2) is 9.18 Å². The zero-order valence-electron chi connectivity index (χ0n) is 16.6. The number of aromatic nitrogens is 2. The average Bonchev–Trinajstić information content (AvgIpc) is 3.51. The first-order chi connectivity index (χ1) is 14.5. The van der Waals surface area contributed by atoms with Gasteiger partial charge in [0.15, 0.2) is 0 Å². The van der Waals surface area contributed by atoms with Crippen LogP contribution in [0.15, 0.2) is 60.9 Å². The normalized spacial score (nSPS) is 13.7. The van der Waals surface area contributed by atoms with Crippen LogP contribution in [-0.4, -0.2) is 20.6 Å². The van der Waals surface area contributed by atoms with Gasteiger partial charge in [0.25, 0.3) is 0 Å². The molecule has 1 N–H and O–H groups in total. The van der Waals surface area contributed by atoms with Gasteiger partial charge in [-0.3, -0.25) is 4.98 Å². The number of aryl methyl sites for hydroxylation is 1. The van der Waals surface area contributed by atoms with E-state index >= 15 is 0 Å². The highest BCUT2D eigenvalue weighted by molar-refractivity contribution is 5.96. The molecule has 0 radical (unpaired) electrons. The van der Waals surface area contributed by atoms with E-state index in [0.717, 1.165) is 40.4 Å². The first-order valence-corrected chi connectivity index (χ1v) is 10.1. The second-order valence-electron chi connectivity index (χ2n) is 8.01. The van der Waals surface area contributed by atoms with E-state index in [0.29, 0.717) is 23.6 Å². The summed E-state index contributed by atoms with van der Waals surface area (Å²) in [6.07, 6.45) is 6.31. The maximum Gasteiger partial charge on any atom is 0.337 e. The van der Waals surface area contributed by atoms with Crippen LogP contribution in [0.3, 0.4) is 0 Å². The van der Waals surface area contributed by atoms with Crippen molar-refractivity contribution in [3.05, 3.63) is 89.1 Å². The Bertz CT molecular complexity index is 1290.